The number of anilines is 2. The monoisotopic (exact) mass is 520 g/mol. The Bertz CT molecular complexity index is 1930. The third kappa shape index (κ3) is 4.67. The van der Waals surface area contributed by atoms with Crippen molar-refractivity contribution in [2.75, 3.05) is 11.5 Å². The van der Waals surface area contributed by atoms with Crippen molar-refractivity contribution in [3.8, 4) is 0 Å². The average molecular weight is 521 g/mol. The fraction of sp³-hybridized carbons (Fsp3) is 0.0588. The van der Waals surface area contributed by atoms with Gasteiger partial charge < -0.3 is 21.4 Å². The van der Waals surface area contributed by atoms with Crippen LogP contribution >= 0.6 is 0 Å². The van der Waals surface area contributed by atoms with Crippen LogP contribution in [0.5, 0.6) is 0 Å². The zero-order valence-corrected chi connectivity index (χ0v) is 21.8. The molecule has 8 bridgehead atoms. The summed E-state index contributed by atoms with van der Waals surface area (Å²) in [7, 11) is 0. The number of hydrogen-bond acceptors (Lipinski definition) is 4. The minimum Gasteiger partial charge on any atom is -0.398 e. The Hall–Kier alpha value is -5.36. The molecule has 3 aromatic heterocycles. The van der Waals surface area contributed by atoms with Crippen LogP contribution in [0, 0.1) is 0 Å². The molecule has 0 spiro atoms. The van der Waals surface area contributed by atoms with E-state index in [-0.39, 0.29) is 5.92 Å². The highest BCUT2D eigenvalue weighted by molar-refractivity contribution is 5.78. The average Bonchev–Trinajstić information content (AvgIpc) is 3.74. The third-order valence-electron chi connectivity index (χ3n) is 7.42. The Labute approximate surface area is 231 Å². The minimum absolute atomic E-state index is 0.0205. The van der Waals surface area contributed by atoms with Crippen molar-refractivity contribution in [2.24, 2.45) is 0 Å². The van der Waals surface area contributed by atoms with E-state index in [0.29, 0.717) is 6.42 Å². The van der Waals surface area contributed by atoms with E-state index in [1.807, 2.05) is 72.8 Å². The molecule has 40 heavy (non-hydrogen) atoms. The highest BCUT2D eigenvalue weighted by Gasteiger charge is 2.21. The quantitative estimate of drug-likeness (QED) is 0.184. The lowest BCUT2D eigenvalue weighted by molar-refractivity contribution is 0.816. The number of H-pyrrole nitrogens is 2. The van der Waals surface area contributed by atoms with Crippen molar-refractivity contribution in [1.82, 2.24) is 19.9 Å². The molecule has 7 rings (SSSR count). The fourth-order valence-electron chi connectivity index (χ4n) is 5.51. The Kier molecular flexibility index (Phi) is 5.78. The molecule has 0 fully saturated rings. The lowest BCUT2D eigenvalue weighted by Gasteiger charge is -2.21. The van der Waals surface area contributed by atoms with E-state index in [0.717, 1.165) is 72.9 Å². The topological polar surface area (TPSA) is 109 Å². The molecule has 194 valence electrons. The summed E-state index contributed by atoms with van der Waals surface area (Å²) in [6, 6.07) is 30.7. The van der Waals surface area contributed by atoms with E-state index in [4.69, 9.17) is 21.4 Å². The Morgan fingerprint density at radius 3 is 1.73 bits per heavy atom. The second kappa shape index (κ2) is 9.75. The predicted molar refractivity (Wildman–Crippen MR) is 166 cm³/mol. The molecule has 0 radical (unpaired) electrons. The molecule has 0 saturated heterocycles. The van der Waals surface area contributed by atoms with E-state index in [1.54, 1.807) is 0 Å². The van der Waals surface area contributed by atoms with Crippen LogP contribution in [0.3, 0.4) is 0 Å². The van der Waals surface area contributed by atoms with Crippen LogP contribution in [-0.2, 0) is 6.42 Å². The zero-order valence-electron chi connectivity index (χ0n) is 21.8. The van der Waals surface area contributed by atoms with Crippen molar-refractivity contribution in [3.05, 3.63) is 130 Å². The number of nitrogens with zero attached hydrogens (tertiary/aromatic N) is 2. The first-order valence-corrected chi connectivity index (χ1v) is 13.3. The van der Waals surface area contributed by atoms with Gasteiger partial charge in [0.05, 0.1) is 22.8 Å². The summed E-state index contributed by atoms with van der Waals surface area (Å²) < 4.78 is 0. The number of rotatable bonds is 4. The van der Waals surface area contributed by atoms with Gasteiger partial charge in [-0.3, -0.25) is 0 Å². The van der Waals surface area contributed by atoms with Gasteiger partial charge >= 0.3 is 0 Å². The molecule has 0 aliphatic carbocycles. The number of para-hydroxylation sites is 2. The molecular weight excluding hydrogens is 492 g/mol. The van der Waals surface area contributed by atoms with Crippen LogP contribution in [0.1, 0.15) is 45.4 Å². The van der Waals surface area contributed by atoms with Gasteiger partial charge in [-0.2, -0.15) is 0 Å². The summed E-state index contributed by atoms with van der Waals surface area (Å²) in [6.45, 7) is 0. The van der Waals surface area contributed by atoms with Crippen LogP contribution in [0.25, 0.3) is 46.4 Å². The lowest BCUT2D eigenvalue weighted by atomic mass is 9.84. The van der Waals surface area contributed by atoms with Gasteiger partial charge in [0.25, 0.3) is 0 Å². The molecule has 5 heterocycles. The first-order chi connectivity index (χ1) is 19.6. The van der Waals surface area contributed by atoms with Gasteiger partial charge in [-0.05, 0) is 102 Å². The molecule has 0 unspecified atom stereocenters. The Morgan fingerprint density at radius 1 is 0.550 bits per heavy atom. The van der Waals surface area contributed by atoms with Crippen molar-refractivity contribution in [3.63, 3.8) is 0 Å². The summed E-state index contributed by atoms with van der Waals surface area (Å²) in [4.78, 5) is 16.7. The minimum atomic E-state index is -0.0205. The Morgan fingerprint density at radius 2 is 1.10 bits per heavy atom. The number of aromatic nitrogens is 4. The van der Waals surface area contributed by atoms with Crippen LogP contribution < -0.4 is 11.5 Å². The van der Waals surface area contributed by atoms with E-state index >= 15 is 0 Å². The fourth-order valence-corrected chi connectivity index (χ4v) is 5.51. The lowest BCUT2D eigenvalue weighted by Crippen LogP contribution is -2.10. The van der Waals surface area contributed by atoms with Gasteiger partial charge in [-0.1, -0.05) is 36.4 Å². The van der Waals surface area contributed by atoms with Crippen LogP contribution in [0.2, 0.25) is 0 Å². The van der Waals surface area contributed by atoms with Crippen molar-refractivity contribution in [2.45, 2.75) is 12.3 Å². The molecule has 0 saturated carbocycles. The summed E-state index contributed by atoms with van der Waals surface area (Å²) in [6.07, 6.45) is 8.79. The molecule has 5 aromatic rings. The maximum atomic E-state index is 6.51. The zero-order chi connectivity index (χ0) is 27.1. The van der Waals surface area contributed by atoms with E-state index < -0.39 is 0 Å². The van der Waals surface area contributed by atoms with Crippen LogP contribution in [0.4, 0.5) is 11.4 Å². The number of nitrogens with one attached hydrogen (secondary N) is 2. The summed E-state index contributed by atoms with van der Waals surface area (Å²) in [5.74, 6) is -0.0205. The maximum Gasteiger partial charge on any atom is 0.0659 e. The van der Waals surface area contributed by atoms with E-state index in [9.17, 15) is 0 Å². The van der Waals surface area contributed by atoms with Gasteiger partial charge in [-0.15, -0.1) is 0 Å². The van der Waals surface area contributed by atoms with E-state index in [2.05, 4.69) is 52.4 Å². The number of benzene rings is 2. The van der Waals surface area contributed by atoms with Crippen LogP contribution in [-0.4, -0.2) is 19.9 Å². The van der Waals surface area contributed by atoms with Gasteiger partial charge in [0.15, 0.2) is 0 Å². The number of hydrogen-bond donors (Lipinski definition) is 4. The highest BCUT2D eigenvalue weighted by Crippen LogP contribution is 2.36. The molecule has 2 aliphatic heterocycles. The second-order valence-electron chi connectivity index (χ2n) is 10.2. The van der Waals surface area contributed by atoms with E-state index in [1.165, 1.54) is 0 Å². The molecule has 6 nitrogen and oxygen atoms in total. The van der Waals surface area contributed by atoms with Gasteiger partial charge in [0, 0.05) is 39.4 Å². The van der Waals surface area contributed by atoms with Crippen molar-refractivity contribution in [1.29, 1.82) is 0 Å². The first-order valence-electron chi connectivity index (χ1n) is 13.3. The number of nitrogens with two attached hydrogens (primary N) is 2. The first kappa shape index (κ1) is 23.7. The summed E-state index contributed by atoms with van der Waals surface area (Å²) >= 11 is 0. The number of nitrogen functional groups attached to an aromatic ring is 2. The molecule has 2 aromatic carbocycles. The Balaban J connectivity index is 1.44. The molecule has 2 aliphatic rings. The predicted octanol–water partition coefficient (Wildman–Crippen LogP) is 7.19. The van der Waals surface area contributed by atoms with Gasteiger partial charge in [0.1, 0.15) is 0 Å². The summed E-state index contributed by atoms with van der Waals surface area (Å²) in [5, 5.41) is 0. The largest absolute Gasteiger partial charge is 0.398 e. The van der Waals surface area contributed by atoms with Crippen LogP contribution in [0.15, 0.2) is 91.0 Å². The molecule has 0 amide bonds. The number of aromatic amines is 2. The van der Waals surface area contributed by atoms with Gasteiger partial charge in [0.2, 0.25) is 0 Å². The molecular formula is C34H28N6. The third-order valence-corrected chi connectivity index (χ3v) is 7.42. The second-order valence-corrected chi connectivity index (χ2v) is 10.2. The van der Waals surface area contributed by atoms with Crippen molar-refractivity contribution < 1.29 is 0 Å². The molecule has 0 atom stereocenters. The molecule has 6 N–H and O–H groups in total. The van der Waals surface area contributed by atoms with Crippen molar-refractivity contribution >= 4 is 57.7 Å². The maximum absolute atomic E-state index is 6.51. The molecule has 6 heteroatoms. The summed E-state index contributed by atoms with van der Waals surface area (Å²) in [5.41, 5.74) is 25.3. The standard InChI is InChI=1S/C34H28N6/c35-32-7-3-1-5-29(32)31(30-6-2-4-8-33(30)36)16-21-15-28-19-26-12-11-24(38-26)17-22-9-10-23(37-22)18-25-13-14-27(39-25)20-34(21)40-28/h1-15,17-20,31,38,40H,16,35-36H2. The highest BCUT2D eigenvalue weighted by atomic mass is 14.8. The smallest absolute Gasteiger partial charge is 0.0659 e. The number of fused-ring (bicyclic) bond motifs is 8. The SMILES string of the molecule is Nc1ccccc1C(Cc1cc2cc3ccc(cc4nc(cc5nc(cc1[nH]2)C=C5)C=C4)[nH]3)c1ccccc1N. The van der Waals surface area contributed by atoms with Gasteiger partial charge in [-0.25, -0.2) is 9.97 Å². The normalized spacial score (nSPS) is 12.3.